The zero-order valence-corrected chi connectivity index (χ0v) is 20.2. The number of fused-ring (bicyclic) bond motifs is 3. The third-order valence-electron chi connectivity index (χ3n) is 7.86. The van der Waals surface area contributed by atoms with Gasteiger partial charge in [0.25, 0.3) is 5.91 Å². The number of Topliss-reactive ketones (excluding diaryl/α,β-unsaturated/α-hetero) is 2. The zero-order chi connectivity index (χ0) is 26.6. The van der Waals surface area contributed by atoms with Gasteiger partial charge in [-0.1, -0.05) is 18.2 Å². The number of phenolic OH excluding ortho intramolecular Hbond substituents is 1. The molecular formula is C28H27NO8. The highest BCUT2D eigenvalue weighted by molar-refractivity contribution is 6.22. The van der Waals surface area contributed by atoms with E-state index in [-0.39, 0.29) is 36.1 Å². The van der Waals surface area contributed by atoms with Crippen molar-refractivity contribution in [1.82, 2.24) is 0 Å². The number of rotatable bonds is 5. The number of aryl methyl sites for hydroxylation is 2. The van der Waals surface area contributed by atoms with Gasteiger partial charge >= 0.3 is 0 Å². The number of primary amides is 1. The first-order chi connectivity index (χ1) is 17.6. The van der Waals surface area contributed by atoms with Gasteiger partial charge < -0.3 is 30.9 Å². The molecule has 0 heterocycles. The van der Waals surface area contributed by atoms with Gasteiger partial charge in [0, 0.05) is 17.9 Å². The predicted molar refractivity (Wildman–Crippen MR) is 132 cm³/mol. The normalized spacial score (nSPS) is 24.9. The van der Waals surface area contributed by atoms with Gasteiger partial charge in [0.1, 0.15) is 28.6 Å². The van der Waals surface area contributed by atoms with Gasteiger partial charge in [-0.3, -0.25) is 14.4 Å². The van der Waals surface area contributed by atoms with Crippen molar-refractivity contribution in [3.05, 3.63) is 75.6 Å². The van der Waals surface area contributed by atoms with Crippen LogP contribution in [0.1, 0.15) is 35.1 Å². The van der Waals surface area contributed by atoms with E-state index >= 15 is 0 Å². The molecule has 6 N–H and O–H groups in total. The number of hydrogen-bond donors (Lipinski definition) is 5. The summed E-state index contributed by atoms with van der Waals surface area (Å²) in [5, 5.41) is 43.8. The van der Waals surface area contributed by atoms with Gasteiger partial charge in [0.15, 0.2) is 11.4 Å². The molecule has 0 aliphatic heterocycles. The third-order valence-corrected chi connectivity index (χ3v) is 7.86. The largest absolute Gasteiger partial charge is 0.508 e. The maximum Gasteiger partial charge on any atom is 0.255 e. The number of amides is 1. The Morgan fingerprint density at radius 2 is 1.86 bits per heavy atom. The van der Waals surface area contributed by atoms with Gasteiger partial charge in [-0.2, -0.15) is 0 Å². The minimum Gasteiger partial charge on any atom is -0.508 e. The van der Waals surface area contributed by atoms with Crippen molar-refractivity contribution in [3.8, 4) is 11.5 Å². The summed E-state index contributed by atoms with van der Waals surface area (Å²) >= 11 is 0. The van der Waals surface area contributed by atoms with Crippen LogP contribution in [0.3, 0.4) is 0 Å². The number of aliphatic hydroxyl groups is 3. The molecule has 3 aliphatic rings. The van der Waals surface area contributed by atoms with Crippen LogP contribution in [0.4, 0.5) is 0 Å². The Bertz CT molecular complexity index is 1420. The lowest BCUT2D eigenvalue weighted by atomic mass is 9.59. The standard InChI is InChI=1S/C28H27NO8/c1-37-17-4-2-3-13(9-17)5-6-14-7-8-19(30)22-18(14)11-15-10-16-12-20(31)23(27(29)35)26(34)28(16,36)25(33)21(15)24(22)32/h2-4,7-9,15-16,30,32,34,36H,5-6,10-12H2,1H3,(H2,29,35)/t15-,16+,28+/m1/s1. The fourth-order valence-corrected chi connectivity index (χ4v) is 6.03. The molecule has 3 atom stereocenters. The number of carbonyl (C=O) groups excluding carboxylic acids is 3. The molecule has 1 amide bonds. The smallest absolute Gasteiger partial charge is 0.255 e. The first kappa shape index (κ1) is 24.6. The first-order valence-corrected chi connectivity index (χ1v) is 12.0. The van der Waals surface area contributed by atoms with Crippen molar-refractivity contribution >= 4 is 23.2 Å². The summed E-state index contributed by atoms with van der Waals surface area (Å²) in [6, 6.07) is 10.9. The summed E-state index contributed by atoms with van der Waals surface area (Å²) in [6.45, 7) is 0. The summed E-state index contributed by atoms with van der Waals surface area (Å²) in [7, 11) is 1.60. The van der Waals surface area contributed by atoms with Crippen LogP contribution in [-0.2, 0) is 33.6 Å². The summed E-state index contributed by atoms with van der Waals surface area (Å²) in [5.41, 5.74) is 4.44. The van der Waals surface area contributed by atoms with Crippen LogP contribution in [0.2, 0.25) is 0 Å². The van der Waals surface area contributed by atoms with Crippen molar-refractivity contribution < 1.29 is 39.5 Å². The minimum atomic E-state index is -2.56. The van der Waals surface area contributed by atoms with Crippen molar-refractivity contribution in [2.24, 2.45) is 17.6 Å². The molecule has 0 aromatic heterocycles. The number of ketones is 2. The molecule has 2 aromatic carbocycles. The number of nitrogens with two attached hydrogens (primary N) is 1. The number of carbonyl (C=O) groups is 3. The molecule has 9 nitrogen and oxygen atoms in total. The van der Waals surface area contributed by atoms with Crippen molar-refractivity contribution in [2.75, 3.05) is 7.11 Å². The maximum absolute atomic E-state index is 13.6. The van der Waals surface area contributed by atoms with E-state index in [2.05, 4.69) is 0 Å². The molecule has 5 rings (SSSR count). The lowest BCUT2D eigenvalue weighted by molar-refractivity contribution is -0.147. The second-order valence-corrected chi connectivity index (χ2v) is 9.86. The van der Waals surface area contributed by atoms with Gasteiger partial charge in [-0.25, -0.2) is 0 Å². The Labute approximate surface area is 212 Å². The third kappa shape index (κ3) is 3.69. The van der Waals surface area contributed by atoms with Gasteiger partial charge in [-0.05, 0) is 66.5 Å². The number of benzene rings is 2. The molecule has 1 fully saturated rings. The number of hydrogen-bond acceptors (Lipinski definition) is 8. The highest BCUT2D eigenvalue weighted by atomic mass is 16.5. The summed E-state index contributed by atoms with van der Waals surface area (Å²) in [5.74, 6) is -5.56. The minimum absolute atomic E-state index is 0.105. The Hall–Kier alpha value is -4.11. The van der Waals surface area contributed by atoms with E-state index in [4.69, 9.17) is 10.5 Å². The lowest BCUT2D eigenvalue weighted by Gasteiger charge is -2.46. The van der Waals surface area contributed by atoms with Crippen LogP contribution in [0.25, 0.3) is 5.76 Å². The van der Waals surface area contributed by atoms with Crippen LogP contribution < -0.4 is 10.5 Å². The second-order valence-electron chi connectivity index (χ2n) is 9.86. The molecule has 0 radical (unpaired) electrons. The number of aliphatic hydroxyl groups excluding tert-OH is 2. The Morgan fingerprint density at radius 1 is 1.11 bits per heavy atom. The molecule has 3 aliphatic carbocycles. The predicted octanol–water partition coefficient (Wildman–Crippen LogP) is 2.22. The van der Waals surface area contributed by atoms with Crippen molar-refractivity contribution in [3.63, 3.8) is 0 Å². The highest BCUT2D eigenvalue weighted by Gasteiger charge is 2.60. The van der Waals surface area contributed by atoms with Crippen LogP contribution in [-0.4, -0.2) is 50.6 Å². The Morgan fingerprint density at radius 3 is 2.57 bits per heavy atom. The van der Waals surface area contributed by atoms with Gasteiger partial charge in [-0.15, -0.1) is 0 Å². The molecule has 0 saturated heterocycles. The fraction of sp³-hybridized carbons (Fsp3) is 0.321. The number of ether oxygens (including phenoxy) is 1. The average Bonchev–Trinajstić information content (AvgIpc) is 2.85. The van der Waals surface area contributed by atoms with E-state index in [9.17, 15) is 34.8 Å². The van der Waals surface area contributed by atoms with Crippen molar-refractivity contribution in [2.45, 2.75) is 37.7 Å². The van der Waals surface area contributed by atoms with E-state index in [1.807, 2.05) is 24.3 Å². The maximum atomic E-state index is 13.6. The molecule has 0 spiro atoms. The van der Waals surface area contributed by atoms with E-state index in [1.165, 1.54) is 6.07 Å². The molecule has 9 heteroatoms. The van der Waals surface area contributed by atoms with Crippen LogP contribution >= 0.6 is 0 Å². The van der Waals surface area contributed by atoms with Crippen LogP contribution in [0.5, 0.6) is 11.5 Å². The molecule has 0 bridgehead atoms. The van der Waals surface area contributed by atoms with Crippen LogP contribution in [0.15, 0.2) is 53.3 Å². The molecule has 37 heavy (non-hydrogen) atoms. The van der Waals surface area contributed by atoms with Gasteiger partial charge in [0.2, 0.25) is 5.78 Å². The molecule has 192 valence electrons. The van der Waals surface area contributed by atoms with E-state index < -0.39 is 52.0 Å². The zero-order valence-electron chi connectivity index (χ0n) is 20.2. The Balaban J connectivity index is 1.56. The monoisotopic (exact) mass is 505 g/mol. The van der Waals surface area contributed by atoms with Gasteiger partial charge in [0.05, 0.1) is 12.7 Å². The van der Waals surface area contributed by atoms with E-state index in [0.717, 1.165) is 16.9 Å². The quantitative estimate of drug-likeness (QED) is 0.386. The lowest BCUT2D eigenvalue weighted by Crippen LogP contribution is -2.58. The number of aromatic hydroxyl groups is 1. The molecule has 1 saturated carbocycles. The average molecular weight is 506 g/mol. The highest BCUT2D eigenvalue weighted by Crippen LogP contribution is 2.52. The summed E-state index contributed by atoms with van der Waals surface area (Å²) in [4.78, 5) is 37.8. The molecular weight excluding hydrogens is 478 g/mol. The number of phenols is 1. The Kier molecular flexibility index (Phi) is 5.83. The second kappa shape index (κ2) is 8.77. The first-order valence-electron chi connectivity index (χ1n) is 12.0. The number of methoxy groups -OCH3 is 1. The summed E-state index contributed by atoms with van der Waals surface area (Å²) in [6.07, 6.45) is 1.31. The van der Waals surface area contributed by atoms with E-state index in [0.29, 0.717) is 18.4 Å². The fourth-order valence-electron chi connectivity index (χ4n) is 6.03. The molecule has 2 aromatic rings. The van der Waals surface area contributed by atoms with Crippen molar-refractivity contribution in [1.29, 1.82) is 0 Å². The SMILES string of the molecule is COc1cccc(CCc2ccc(O)c3c2C[C@H]2C[C@H]4CC(=O)C(C(N)=O)=C(O)[C@@]4(O)C(=O)C2=C3O)c1. The summed E-state index contributed by atoms with van der Waals surface area (Å²) < 4.78 is 5.29. The van der Waals surface area contributed by atoms with E-state index in [1.54, 1.807) is 13.2 Å². The molecule has 0 unspecified atom stereocenters. The van der Waals surface area contributed by atoms with Crippen LogP contribution in [0, 0.1) is 11.8 Å². The topological polar surface area (TPSA) is 167 Å².